The average molecular weight is 285 g/mol. The van der Waals surface area contributed by atoms with Crippen LogP contribution >= 0.6 is 0 Å². The number of nitrogens with one attached hydrogen (secondary N) is 1. The largest absolute Gasteiger partial charge is 0.421 e. The maximum atomic E-state index is 5.72. The van der Waals surface area contributed by atoms with Crippen LogP contribution in [0.5, 0.6) is 0 Å². The molecule has 1 fully saturated rings. The van der Waals surface area contributed by atoms with E-state index in [2.05, 4.69) is 15.5 Å². The Morgan fingerprint density at radius 2 is 1.76 bits per heavy atom. The highest BCUT2D eigenvalue weighted by atomic mass is 16.4. The van der Waals surface area contributed by atoms with Gasteiger partial charge in [0.05, 0.1) is 0 Å². The number of rotatable bonds is 5. The molecule has 0 unspecified atom stereocenters. The van der Waals surface area contributed by atoms with Crippen LogP contribution in [-0.4, -0.2) is 22.8 Å². The Morgan fingerprint density at radius 1 is 1.00 bits per heavy atom. The number of nitrogens with zero attached hydrogens (tertiary/aromatic N) is 2. The first-order valence-corrected chi connectivity index (χ1v) is 8.03. The topological polar surface area (TPSA) is 51.0 Å². The summed E-state index contributed by atoms with van der Waals surface area (Å²) in [6.07, 6.45) is 8.91. The van der Waals surface area contributed by atoms with Gasteiger partial charge in [-0.15, -0.1) is 10.2 Å². The van der Waals surface area contributed by atoms with Crippen molar-refractivity contribution in [1.29, 1.82) is 0 Å². The zero-order valence-electron chi connectivity index (χ0n) is 12.4. The summed E-state index contributed by atoms with van der Waals surface area (Å²) >= 11 is 0. The molecular weight excluding hydrogens is 262 g/mol. The molecule has 112 valence electrons. The zero-order chi connectivity index (χ0) is 14.3. The summed E-state index contributed by atoms with van der Waals surface area (Å²) in [6, 6.07) is 10.6. The Kier molecular flexibility index (Phi) is 5.00. The second-order valence-corrected chi connectivity index (χ2v) is 5.76. The lowest BCUT2D eigenvalue weighted by Gasteiger charge is -2.15. The van der Waals surface area contributed by atoms with E-state index in [1.807, 2.05) is 30.3 Å². The lowest BCUT2D eigenvalue weighted by atomic mass is 10.1. The molecular formula is C17H23N3O. The van der Waals surface area contributed by atoms with Crippen molar-refractivity contribution in [3.63, 3.8) is 0 Å². The lowest BCUT2D eigenvalue weighted by Crippen LogP contribution is -2.30. The zero-order valence-corrected chi connectivity index (χ0v) is 12.4. The molecule has 0 spiro atoms. The molecule has 1 N–H and O–H groups in total. The van der Waals surface area contributed by atoms with Crippen LogP contribution in [0.3, 0.4) is 0 Å². The molecule has 4 nitrogen and oxygen atoms in total. The van der Waals surface area contributed by atoms with Crippen LogP contribution in [0.25, 0.3) is 11.5 Å². The lowest BCUT2D eigenvalue weighted by molar-refractivity contribution is 0.439. The highest BCUT2D eigenvalue weighted by molar-refractivity contribution is 5.51. The molecule has 0 amide bonds. The fourth-order valence-corrected chi connectivity index (χ4v) is 2.92. The van der Waals surface area contributed by atoms with Gasteiger partial charge in [0.1, 0.15) is 0 Å². The van der Waals surface area contributed by atoms with Crippen molar-refractivity contribution < 1.29 is 4.42 Å². The fraction of sp³-hybridized carbons (Fsp3) is 0.529. The first-order chi connectivity index (χ1) is 10.4. The minimum atomic E-state index is 0.611. The van der Waals surface area contributed by atoms with E-state index in [1.165, 1.54) is 38.5 Å². The van der Waals surface area contributed by atoms with Crippen molar-refractivity contribution in [3.8, 4) is 11.5 Å². The van der Waals surface area contributed by atoms with E-state index in [4.69, 9.17) is 4.42 Å². The SMILES string of the molecule is c1ccc(-c2nnc(CCNC3CCCCCC3)o2)cc1. The third-order valence-electron chi connectivity index (χ3n) is 4.11. The van der Waals surface area contributed by atoms with Crippen molar-refractivity contribution in [2.45, 2.75) is 51.0 Å². The summed E-state index contributed by atoms with van der Waals surface area (Å²) in [5.41, 5.74) is 0.980. The Morgan fingerprint density at radius 3 is 2.52 bits per heavy atom. The average Bonchev–Trinajstić information content (AvgIpc) is 2.84. The van der Waals surface area contributed by atoms with E-state index in [-0.39, 0.29) is 0 Å². The normalized spacial score (nSPS) is 16.8. The van der Waals surface area contributed by atoms with Crippen molar-refractivity contribution in [2.24, 2.45) is 0 Å². The molecule has 0 aliphatic heterocycles. The van der Waals surface area contributed by atoms with Gasteiger partial charge in [-0.3, -0.25) is 0 Å². The van der Waals surface area contributed by atoms with E-state index >= 15 is 0 Å². The van der Waals surface area contributed by atoms with E-state index in [1.54, 1.807) is 0 Å². The second-order valence-electron chi connectivity index (χ2n) is 5.76. The van der Waals surface area contributed by atoms with Crippen molar-refractivity contribution in [1.82, 2.24) is 15.5 Å². The first kappa shape index (κ1) is 14.3. The van der Waals surface area contributed by atoms with E-state index in [0.717, 1.165) is 24.4 Å². The fourth-order valence-electron chi connectivity index (χ4n) is 2.92. The van der Waals surface area contributed by atoms with Gasteiger partial charge in [0.25, 0.3) is 0 Å². The molecule has 1 saturated carbocycles. The van der Waals surface area contributed by atoms with E-state index in [0.29, 0.717) is 11.9 Å². The summed E-state index contributed by atoms with van der Waals surface area (Å²) in [4.78, 5) is 0. The van der Waals surface area contributed by atoms with Crippen LogP contribution in [-0.2, 0) is 6.42 Å². The minimum Gasteiger partial charge on any atom is -0.421 e. The molecule has 1 aromatic carbocycles. The molecule has 2 aromatic rings. The molecule has 0 atom stereocenters. The Bertz CT molecular complexity index is 530. The maximum absolute atomic E-state index is 5.72. The van der Waals surface area contributed by atoms with Gasteiger partial charge >= 0.3 is 0 Å². The van der Waals surface area contributed by atoms with Crippen LogP contribution in [0.4, 0.5) is 0 Å². The highest BCUT2D eigenvalue weighted by Crippen LogP contribution is 2.18. The maximum Gasteiger partial charge on any atom is 0.247 e. The van der Waals surface area contributed by atoms with Crippen LogP contribution in [0.2, 0.25) is 0 Å². The number of benzene rings is 1. The molecule has 0 radical (unpaired) electrons. The third-order valence-corrected chi connectivity index (χ3v) is 4.11. The van der Waals surface area contributed by atoms with Gasteiger partial charge in [-0.25, -0.2) is 0 Å². The van der Waals surface area contributed by atoms with E-state index in [9.17, 15) is 0 Å². The molecule has 0 saturated heterocycles. The molecule has 21 heavy (non-hydrogen) atoms. The van der Waals surface area contributed by atoms with Gasteiger partial charge in [0.2, 0.25) is 11.8 Å². The Hall–Kier alpha value is -1.68. The molecule has 1 heterocycles. The quantitative estimate of drug-likeness (QED) is 0.853. The summed E-state index contributed by atoms with van der Waals surface area (Å²) < 4.78 is 5.72. The minimum absolute atomic E-state index is 0.611. The summed E-state index contributed by atoms with van der Waals surface area (Å²) in [5, 5.41) is 11.9. The second kappa shape index (κ2) is 7.36. The monoisotopic (exact) mass is 285 g/mol. The van der Waals surface area contributed by atoms with Crippen LogP contribution < -0.4 is 5.32 Å². The Labute approximate surface area is 126 Å². The van der Waals surface area contributed by atoms with Gasteiger partial charge in [-0.2, -0.15) is 0 Å². The summed E-state index contributed by atoms with van der Waals surface area (Å²) in [5.74, 6) is 1.33. The van der Waals surface area contributed by atoms with Crippen LogP contribution in [0.15, 0.2) is 34.7 Å². The molecule has 1 aliphatic carbocycles. The number of aromatic nitrogens is 2. The molecule has 1 aromatic heterocycles. The standard InChI is InChI=1S/C17H23N3O/c1-2-7-11-15(10-6-1)18-13-12-16-19-20-17(21-16)14-8-4-3-5-9-14/h3-5,8-9,15,18H,1-2,6-7,10-13H2. The summed E-state index contributed by atoms with van der Waals surface area (Å²) in [7, 11) is 0. The molecule has 4 heteroatoms. The van der Waals surface area contributed by atoms with Gasteiger partial charge in [0, 0.05) is 24.6 Å². The van der Waals surface area contributed by atoms with Gasteiger partial charge in [-0.1, -0.05) is 43.9 Å². The van der Waals surface area contributed by atoms with Crippen molar-refractivity contribution >= 4 is 0 Å². The predicted octanol–water partition coefficient (Wildman–Crippen LogP) is 3.59. The van der Waals surface area contributed by atoms with Gasteiger partial charge in [-0.05, 0) is 25.0 Å². The Balaban J connectivity index is 1.48. The predicted molar refractivity (Wildman–Crippen MR) is 82.9 cm³/mol. The smallest absolute Gasteiger partial charge is 0.247 e. The first-order valence-electron chi connectivity index (χ1n) is 8.03. The van der Waals surface area contributed by atoms with Gasteiger partial charge in [0.15, 0.2) is 0 Å². The molecule has 3 rings (SSSR count). The number of hydrogen-bond acceptors (Lipinski definition) is 4. The summed E-state index contributed by atoms with van der Waals surface area (Å²) in [6.45, 7) is 0.918. The van der Waals surface area contributed by atoms with Gasteiger partial charge < -0.3 is 9.73 Å². The van der Waals surface area contributed by atoms with Crippen molar-refractivity contribution in [3.05, 3.63) is 36.2 Å². The van der Waals surface area contributed by atoms with Crippen LogP contribution in [0, 0.1) is 0 Å². The third kappa shape index (κ3) is 4.14. The molecule has 1 aliphatic rings. The van der Waals surface area contributed by atoms with Crippen LogP contribution in [0.1, 0.15) is 44.4 Å². The van der Waals surface area contributed by atoms with E-state index < -0.39 is 0 Å². The molecule has 0 bridgehead atoms. The number of hydrogen-bond donors (Lipinski definition) is 1. The highest BCUT2D eigenvalue weighted by Gasteiger charge is 2.12. The van der Waals surface area contributed by atoms with Crippen molar-refractivity contribution in [2.75, 3.05) is 6.54 Å².